The van der Waals surface area contributed by atoms with E-state index in [0.717, 1.165) is 19.5 Å². The normalized spacial score (nSPS) is 26.4. The Bertz CT molecular complexity index is 298. The van der Waals surface area contributed by atoms with Gasteiger partial charge in [0.1, 0.15) is 0 Å². The first-order valence-corrected chi connectivity index (χ1v) is 7.91. The second-order valence-electron chi connectivity index (χ2n) is 6.22. The topological polar surface area (TPSA) is 44.4 Å². The van der Waals surface area contributed by atoms with Gasteiger partial charge in [-0.25, -0.2) is 0 Å². The highest BCUT2D eigenvalue weighted by Gasteiger charge is 2.36. The summed E-state index contributed by atoms with van der Waals surface area (Å²) in [5, 5.41) is 6.66. The molecule has 1 aliphatic heterocycles. The van der Waals surface area contributed by atoms with Crippen LogP contribution in [0.3, 0.4) is 0 Å². The molecule has 0 bridgehead atoms. The van der Waals surface area contributed by atoms with Gasteiger partial charge in [-0.05, 0) is 52.5 Å². The van der Waals surface area contributed by atoms with Crippen molar-refractivity contribution in [2.24, 2.45) is 0 Å². The number of hydrogen-bond donors (Lipinski definition) is 2. The molecule has 2 aliphatic rings. The van der Waals surface area contributed by atoms with E-state index in [1.165, 1.54) is 25.7 Å². The molecule has 4 heteroatoms. The van der Waals surface area contributed by atoms with Crippen molar-refractivity contribution in [3.05, 3.63) is 0 Å². The third-order valence-electron chi connectivity index (χ3n) is 4.49. The minimum atomic E-state index is 0.00361. The summed E-state index contributed by atoms with van der Waals surface area (Å²) in [5.74, 6) is 0.194. The van der Waals surface area contributed by atoms with Crippen LogP contribution in [0.5, 0.6) is 0 Å². The molecule has 19 heavy (non-hydrogen) atoms. The van der Waals surface area contributed by atoms with E-state index >= 15 is 0 Å². The molecule has 0 aromatic carbocycles. The average molecular weight is 267 g/mol. The van der Waals surface area contributed by atoms with E-state index < -0.39 is 0 Å². The van der Waals surface area contributed by atoms with Gasteiger partial charge in [0, 0.05) is 24.7 Å². The number of amides is 1. The van der Waals surface area contributed by atoms with Crippen LogP contribution in [0, 0.1) is 0 Å². The van der Waals surface area contributed by atoms with Crippen LogP contribution in [0.25, 0.3) is 0 Å². The molecule has 0 radical (unpaired) electrons. The first kappa shape index (κ1) is 14.8. The predicted octanol–water partition coefficient (Wildman–Crippen LogP) is 1.51. The largest absolute Gasteiger partial charge is 0.352 e. The van der Waals surface area contributed by atoms with Crippen molar-refractivity contribution in [3.63, 3.8) is 0 Å². The summed E-state index contributed by atoms with van der Waals surface area (Å²) < 4.78 is 0. The summed E-state index contributed by atoms with van der Waals surface area (Å²) in [6.07, 6.45) is 6.03. The second kappa shape index (κ2) is 6.71. The zero-order chi connectivity index (χ0) is 13.8. The lowest BCUT2D eigenvalue weighted by atomic mass is 10.1. The van der Waals surface area contributed by atoms with E-state index in [1.54, 1.807) is 0 Å². The second-order valence-corrected chi connectivity index (χ2v) is 6.22. The first-order chi connectivity index (χ1) is 9.11. The van der Waals surface area contributed by atoms with Crippen LogP contribution in [-0.2, 0) is 4.79 Å². The van der Waals surface area contributed by atoms with Crippen LogP contribution in [0.2, 0.25) is 0 Å². The minimum absolute atomic E-state index is 0.00361. The molecule has 4 nitrogen and oxygen atoms in total. The first-order valence-electron chi connectivity index (χ1n) is 7.91. The van der Waals surface area contributed by atoms with Gasteiger partial charge in [0.15, 0.2) is 0 Å². The quantitative estimate of drug-likeness (QED) is 0.735. The van der Waals surface area contributed by atoms with Crippen molar-refractivity contribution < 1.29 is 4.79 Å². The van der Waals surface area contributed by atoms with E-state index in [0.29, 0.717) is 12.1 Å². The van der Waals surface area contributed by atoms with Crippen molar-refractivity contribution in [3.8, 4) is 0 Å². The highest BCUT2D eigenvalue weighted by Crippen LogP contribution is 2.29. The molecule has 2 rings (SSSR count). The van der Waals surface area contributed by atoms with Gasteiger partial charge in [-0.15, -0.1) is 0 Å². The fourth-order valence-electron chi connectivity index (χ4n) is 2.81. The van der Waals surface area contributed by atoms with E-state index in [9.17, 15) is 4.79 Å². The molecule has 2 N–H and O–H groups in total. The number of hydrogen-bond acceptors (Lipinski definition) is 3. The van der Waals surface area contributed by atoms with Gasteiger partial charge in [0.2, 0.25) is 5.91 Å². The molecule has 110 valence electrons. The summed E-state index contributed by atoms with van der Waals surface area (Å²) in [6, 6.07) is 1.50. The number of carbonyl (C=O) groups is 1. The van der Waals surface area contributed by atoms with Gasteiger partial charge in [0.25, 0.3) is 0 Å². The maximum absolute atomic E-state index is 12.3. The summed E-state index contributed by atoms with van der Waals surface area (Å²) in [6.45, 7) is 8.41. The molecule has 3 atom stereocenters. The van der Waals surface area contributed by atoms with Crippen molar-refractivity contribution in [1.29, 1.82) is 0 Å². The lowest BCUT2D eigenvalue weighted by molar-refractivity contribution is -0.126. The number of nitrogens with one attached hydrogen (secondary N) is 2. The Hall–Kier alpha value is -0.610. The van der Waals surface area contributed by atoms with Gasteiger partial charge in [-0.3, -0.25) is 9.69 Å². The van der Waals surface area contributed by atoms with Gasteiger partial charge < -0.3 is 10.6 Å². The molecule has 2 fully saturated rings. The van der Waals surface area contributed by atoms with Gasteiger partial charge >= 0.3 is 0 Å². The third-order valence-corrected chi connectivity index (χ3v) is 4.49. The van der Waals surface area contributed by atoms with E-state index in [-0.39, 0.29) is 18.0 Å². The molecule has 0 spiro atoms. The Kier molecular flexibility index (Phi) is 5.22. The highest BCUT2D eigenvalue weighted by atomic mass is 16.2. The predicted molar refractivity (Wildman–Crippen MR) is 78.1 cm³/mol. The molecule has 1 amide bonds. The molecular weight excluding hydrogens is 238 g/mol. The fourth-order valence-corrected chi connectivity index (χ4v) is 2.81. The van der Waals surface area contributed by atoms with Gasteiger partial charge in [0.05, 0.1) is 6.04 Å². The number of rotatable bonds is 7. The Labute approximate surface area is 117 Å². The number of carbonyl (C=O) groups excluding carboxylic acids is 1. The number of nitrogens with zero attached hydrogens (tertiary/aromatic N) is 1. The smallest absolute Gasteiger partial charge is 0.237 e. The van der Waals surface area contributed by atoms with Crippen molar-refractivity contribution in [2.75, 3.05) is 13.1 Å². The molecule has 1 saturated heterocycles. The summed E-state index contributed by atoms with van der Waals surface area (Å²) in [4.78, 5) is 14.7. The van der Waals surface area contributed by atoms with Crippen LogP contribution in [0.4, 0.5) is 0 Å². The summed E-state index contributed by atoms with van der Waals surface area (Å²) in [5.41, 5.74) is 0. The molecule has 0 aromatic heterocycles. The Morgan fingerprint density at radius 2 is 2.11 bits per heavy atom. The van der Waals surface area contributed by atoms with Crippen molar-refractivity contribution in [2.45, 2.75) is 77.0 Å². The Balaban J connectivity index is 1.88. The highest BCUT2D eigenvalue weighted by molar-refractivity contribution is 5.81. The van der Waals surface area contributed by atoms with Gasteiger partial charge in [-0.2, -0.15) is 0 Å². The van der Waals surface area contributed by atoms with Crippen LogP contribution in [0.15, 0.2) is 0 Å². The van der Waals surface area contributed by atoms with Crippen molar-refractivity contribution in [1.82, 2.24) is 15.5 Å². The van der Waals surface area contributed by atoms with Crippen molar-refractivity contribution >= 4 is 5.91 Å². The third kappa shape index (κ3) is 4.18. The Morgan fingerprint density at radius 1 is 1.37 bits per heavy atom. The van der Waals surface area contributed by atoms with E-state index in [4.69, 9.17) is 0 Å². The molecular formula is C15H29N3O. The lowest BCUT2D eigenvalue weighted by Gasteiger charge is -2.31. The Morgan fingerprint density at radius 3 is 2.63 bits per heavy atom. The molecule has 3 unspecified atom stereocenters. The molecule has 1 heterocycles. The van der Waals surface area contributed by atoms with Crippen LogP contribution >= 0.6 is 0 Å². The maximum atomic E-state index is 12.3. The van der Waals surface area contributed by atoms with E-state index in [2.05, 4.69) is 36.3 Å². The lowest BCUT2D eigenvalue weighted by Crippen LogP contribution is -2.51. The van der Waals surface area contributed by atoms with Crippen LogP contribution in [-0.4, -0.2) is 48.1 Å². The molecule has 1 aliphatic carbocycles. The zero-order valence-corrected chi connectivity index (χ0v) is 12.6. The molecule has 1 saturated carbocycles. The minimum Gasteiger partial charge on any atom is -0.352 e. The summed E-state index contributed by atoms with van der Waals surface area (Å²) in [7, 11) is 0. The summed E-state index contributed by atoms with van der Waals surface area (Å²) >= 11 is 0. The average Bonchev–Trinajstić information content (AvgIpc) is 3.12. The van der Waals surface area contributed by atoms with E-state index in [1.807, 2.05) is 0 Å². The van der Waals surface area contributed by atoms with Gasteiger partial charge in [-0.1, -0.05) is 6.92 Å². The monoisotopic (exact) mass is 267 g/mol. The SMILES string of the molecule is CCC(C)NC(=O)C(C)N(CC1CCCN1)C1CC1. The van der Waals surface area contributed by atoms with Crippen LogP contribution in [0.1, 0.15) is 52.9 Å². The standard InChI is InChI=1S/C15H29N3O/c1-4-11(2)17-15(19)12(3)18(14-7-8-14)10-13-6-5-9-16-13/h11-14,16H,4-10H2,1-3H3,(H,17,19). The maximum Gasteiger partial charge on any atom is 0.237 e. The van der Waals surface area contributed by atoms with Crippen LogP contribution < -0.4 is 10.6 Å². The zero-order valence-electron chi connectivity index (χ0n) is 12.6. The molecule has 0 aromatic rings. The fraction of sp³-hybridized carbons (Fsp3) is 0.933.